The van der Waals surface area contributed by atoms with Crippen LogP contribution in [0.25, 0.3) is 11.3 Å². The third-order valence-electron chi connectivity index (χ3n) is 3.92. The molecule has 30 heavy (non-hydrogen) atoms. The number of hydrogen-bond donors (Lipinski definition) is 2. The molecule has 0 spiro atoms. The van der Waals surface area contributed by atoms with E-state index in [0.29, 0.717) is 10.8 Å². The highest BCUT2D eigenvalue weighted by molar-refractivity contribution is 7.13. The molecule has 1 heterocycles. The van der Waals surface area contributed by atoms with Gasteiger partial charge in [-0.05, 0) is 38.5 Å². The Kier molecular flexibility index (Phi) is 6.37. The summed E-state index contributed by atoms with van der Waals surface area (Å²) >= 11 is 1.29. The van der Waals surface area contributed by atoms with E-state index in [0.717, 1.165) is 11.1 Å². The molecule has 156 valence electrons. The zero-order chi connectivity index (χ0) is 21.7. The minimum atomic E-state index is -0.671. The van der Waals surface area contributed by atoms with Gasteiger partial charge in [-0.3, -0.25) is 0 Å². The van der Waals surface area contributed by atoms with E-state index in [1.165, 1.54) is 16.2 Å². The van der Waals surface area contributed by atoms with Gasteiger partial charge < -0.3 is 15.6 Å². The van der Waals surface area contributed by atoms with Crippen LogP contribution < -0.4 is 5.73 Å². The standard InChI is InChI=1S/C22H24N4O3S/c1-22(2,3)29-21(28)26(13-15-8-5-4-6-9-15)19(23)25-20-24-18(14-30-20)16-10-7-11-17(27)12-16/h4-12,14,27H,13H2,1-3H3,(H2,23,24,25). The Hall–Kier alpha value is -3.39. The second-order valence-corrected chi connectivity index (χ2v) is 8.42. The summed E-state index contributed by atoms with van der Waals surface area (Å²) in [5, 5.41) is 11.9. The van der Waals surface area contributed by atoms with E-state index < -0.39 is 11.7 Å². The van der Waals surface area contributed by atoms with Crippen molar-refractivity contribution in [3.8, 4) is 17.0 Å². The summed E-state index contributed by atoms with van der Waals surface area (Å²) in [7, 11) is 0. The van der Waals surface area contributed by atoms with Crippen LogP contribution in [0.2, 0.25) is 0 Å². The maximum absolute atomic E-state index is 12.8. The third kappa shape index (κ3) is 5.81. The quantitative estimate of drug-likeness (QED) is 0.458. The number of aromatic hydroxyl groups is 1. The summed E-state index contributed by atoms with van der Waals surface area (Å²) in [5.41, 5.74) is 7.84. The second-order valence-electron chi connectivity index (χ2n) is 7.59. The molecule has 1 amide bonds. The number of phenols is 1. The van der Waals surface area contributed by atoms with E-state index >= 15 is 0 Å². The molecule has 0 bridgehead atoms. The molecule has 3 aromatic rings. The number of aliphatic imine (C=N–C) groups is 1. The number of hydrogen-bond acceptors (Lipinski definition) is 6. The van der Waals surface area contributed by atoms with Gasteiger partial charge in [0.1, 0.15) is 11.4 Å². The Morgan fingerprint density at radius 1 is 1.20 bits per heavy atom. The fraction of sp³-hybridized carbons (Fsp3) is 0.227. The smallest absolute Gasteiger partial charge is 0.417 e. The van der Waals surface area contributed by atoms with Crippen LogP contribution in [-0.4, -0.2) is 32.6 Å². The second kappa shape index (κ2) is 8.96. The van der Waals surface area contributed by atoms with Crippen molar-refractivity contribution < 1.29 is 14.6 Å². The number of ether oxygens (including phenoxy) is 1. The molecule has 8 heteroatoms. The molecule has 0 radical (unpaired) electrons. The van der Waals surface area contributed by atoms with Crippen LogP contribution in [0.1, 0.15) is 26.3 Å². The lowest BCUT2D eigenvalue weighted by molar-refractivity contribution is 0.0357. The molecule has 0 saturated heterocycles. The lowest BCUT2D eigenvalue weighted by atomic mass is 10.2. The molecule has 2 aromatic carbocycles. The number of phenolic OH excluding ortho intramolecular Hbond substituents is 1. The Morgan fingerprint density at radius 2 is 1.93 bits per heavy atom. The van der Waals surface area contributed by atoms with Crippen molar-refractivity contribution in [3.05, 3.63) is 65.5 Å². The summed E-state index contributed by atoms with van der Waals surface area (Å²) in [5.74, 6) is 0.147. The SMILES string of the molecule is CC(C)(C)OC(=O)N(Cc1ccccc1)/C(N)=N/c1nc(-c2cccc(O)c2)cs1. The van der Waals surface area contributed by atoms with Crippen molar-refractivity contribution in [2.24, 2.45) is 10.7 Å². The summed E-state index contributed by atoms with van der Waals surface area (Å²) in [6, 6.07) is 16.3. The number of benzene rings is 2. The fourth-order valence-corrected chi connectivity index (χ4v) is 3.30. The highest BCUT2D eigenvalue weighted by Gasteiger charge is 2.25. The van der Waals surface area contributed by atoms with Crippen LogP contribution in [0.5, 0.6) is 5.75 Å². The molecular weight excluding hydrogens is 400 g/mol. The van der Waals surface area contributed by atoms with Crippen LogP contribution in [0.3, 0.4) is 0 Å². The third-order valence-corrected chi connectivity index (χ3v) is 4.65. The topological polar surface area (TPSA) is 101 Å². The molecule has 0 saturated carbocycles. The zero-order valence-corrected chi connectivity index (χ0v) is 17.9. The lowest BCUT2D eigenvalue weighted by Crippen LogP contribution is -2.44. The number of carbonyl (C=O) groups excluding carboxylic acids is 1. The highest BCUT2D eigenvalue weighted by atomic mass is 32.1. The van der Waals surface area contributed by atoms with Crippen molar-refractivity contribution in [2.75, 3.05) is 0 Å². The van der Waals surface area contributed by atoms with Gasteiger partial charge in [-0.15, -0.1) is 11.3 Å². The summed E-state index contributed by atoms with van der Waals surface area (Å²) < 4.78 is 5.50. The molecule has 1 aromatic heterocycles. The number of rotatable bonds is 4. The van der Waals surface area contributed by atoms with Gasteiger partial charge in [0.15, 0.2) is 0 Å². The molecule has 7 nitrogen and oxygen atoms in total. The maximum Gasteiger partial charge on any atom is 0.417 e. The first-order valence-electron chi connectivity index (χ1n) is 9.35. The summed E-state index contributed by atoms with van der Waals surface area (Å²) in [4.78, 5) is 22.8. The van der Waals surface area contributed by atoms with E-state index in [4.69, 9.17) is 10.5 Å². The maximum atomic E-state index is 12.8. The van der Waals surface area contributed by atoms with Crippen molar-refractivity contribution in [2.45, 2.75) is 32.9 Å². The van der Waals surface area contributed by atoms with E-state index in [1.54, 1.807) is 39.0 Å². The first-order chi connectivity index (χ1) is 14.2. The van der Waals surface area contributed by atoms with Crippen LogP contribution in [0, 0.1) is 0 Å². The Labute approximate surface area is 179 Å². The number of nitrogens with two attached hydrogens (primary N) is 1. The van der Waals surface area contributed by atoms with Crippen molar-refractivity contribution in [1.82, 2.24) is 9.88 Å². The molecule has 3 rings (SSSR count). The van der Waals surface area contributed by atoms with E-state index in [-0.39, 0.29) is 18.3 Å². The predicted molar refractivity (Wildman–Crippen MR) is 119 cm³/mol. The molecule has 0 fully saturated rings. The van der Waals surface area contributed by atoms with Crippen LogP contribution in [-0.2, 0) is 11.3 Å². The van der Waals surface area contributed by atoms with E-state index in [9.17, 15) is 9.90 Å². The number of carbonyl (C=O) groups is 1. The Morgan fingerprint density at radius 3 is 2.60 bits per heavy atom. The van der Waals surface area contributed by atoms with Crippen LogP contribution in [0.15, 0.2) is 65.0 Å². The normalized spacial score (nSPS) is 11.9. The Bertz CT molecular complexity index is 1040. The van der Waals surface area contributed by atoms with E-state index in [2.05, 4.69) is 9.98 Å². The molecule has 0 aliphatic carbocycles. The van der Waals surface area contributed by atoms with Crippen molar-refractivity contribution >= 4 is 28.5 Å². The van der Waals surface area contributed by atoms with Gasteiger partial charge in [-0.1, -0.05) is 42.5 Å². The van der Waals surface area contributed by atoms with Gasteiger partial charge in [0.2, 0.25) is 11.1 Å². The lowest BCUT2D eigenvalue weighted by Gasteiger charge is -2.26. The molecule has 0 aliphatic heterocycles. The van der Waals surface area contributed by atoms with Gasteiger partial charge in [-0.25, -0.2) is 14.7 Å². The predicted octanol–water partition coefficient (Wildman–Crippen LogP) is 4.90. The molecule has 3 N–H and O–H groups in total. The highest BCUT2D eigenvalue weighted by Crippen LogP contribution is 2.28. The minimum Gasteiger partial charge on any atom is -0.508 e. The first kappa shape index (κ1) is 21.3. The number of aromatic nitrogens is 1. The zero-order valence-electron chi connectivity index (χ0n) is 17.1. The van der Waals surface area contributed by atoms with Crippen LogP contribution in [0.4, 0.5) is 9.93 Å². The van der Waals surface area contributed by atoms with Crippen molar-refractivity contribution in [3.63, 3.8) is 0 Å². The van der Waals surface area contributed by atoms with Gasteiger partial charge >= 0.3 is 6.09 Å². The number of guanidine groups is 1. The average Bonchev–Trinajstić information content (AvgIpc) is 3.14. The van der Waals surface area contributed by atoms with Gasteiger partial charge in [0.25, 0.3) is 0 Å². The van der Waals surface area contributed by atoms with Crippen LogP contribution >= 0.6 is 11.3 Å². The molecular formula is C22H24N4O3S. The minimum absolute atomic E-state index is 0.00934. The molecule has 0 atom stereocenters. The number of amides is 1. The number of nitrogens with zero attached hydrogens (tertiary/aromatic N) is 3. The largest absolute Gasteiger partial charge is 0.508 e. The molecule has 0 aliphatic rings. The van der Waals surface area contributed by atoms with Gasteiger partial charge in [0.05, 0.1) is 12.2 Å². The average molecular weight is 425 g/mol. The summed E-state index contributed by atoms with van der Waals surface area (Å²) in [6.45, 7) is 5.60. The first-order valence-corrected chi connectivity index (χ1v) is 10.2. The number of thiazole rings is 1. The van der Waals surface area contributed by atoms with Crippen molar-refractivity contribution in [1.29, 1.82) is 0 Å². The fourth-order valence-electron chi connectivity index (χ4n) is 2.59. The monoisotopic (exact) mass is 424 g/mol. The summed E-state index contributed by atoms with van der Waals surface area (Å²) in [6.07, 6.45) is -0.586. The Balaban J connectivity index is 1.87. The van der Waals surface area contributed by atoms with Gasteiger partial charge in [-0.2, -0.15) is 4.99 Å². The molecule has 0 unspecified atom stereocenters. The van der Waals surface area contributed by atoms with E-state index in [1.807, 2.05) is 41.8 Å². The van der Waals surface area contributed by atoms with Gasteiger partial charge in [0, 0.05) is 10.9 Å².